The van der Waals surface area contributed by atoms with Gasteiger partial charge in [0, 0.05) is 11.9 Å². The average molecular weight is 299 g/mol. The molecule has 0 aliphatic rings. The van der Waals surface area contributed by atoms with Crippen LogP contribution in [-0.4, -0.2) is 27.0 Å². The SMILES string of the molecule is Cc1cnc(C(=O)Nc2ccc(C(C)(C)C(=O)O)cc2)cn1. The number of aromatic nitrogens is 2. The molecule has 1 aromatic carbocycles. The van der Waals surface area contributed by atoms with E-state index in [2.05, 4.69) is 15.3 Å². The number of hydrogen-bond acceptors (Lipinski definition) is 4. The van der Waals surface area contributed by atoms with Crippen molar-refractivity contribution < 1.29 is 14.7 Å². The summed E-state index contributed by atoms with van der Waals surface area (Å²) in [5.41, 5.74) is 1.20. The van der Waals surface area contributed by atoms with Crippen molar-refractivity contribution in [3.8, 4) is 0 Å². The van der Waals surface area contributed by atoms with Gasteiger partial charge in [-0.2, -0.15) is 0 Å². The maximum absolute atomic E-state index is 12.0. The molecular formula is C16H17N3O3. The van der Waals surface area contributed by atoms with E-state index in [9.17, 15) is 14.7 Å². The average Bonchev–Trinajstić information content (AvgIpc) is 2.48. The largest absolute Gasteiger partial charge is 0.481 e. The molecule has 0 aliphatic carbocycles. The summed E-state index contributed by atoms with van der Waals surface area (Å²) in [6.45, 7) is 5.05. The minimum atomic E-state index is -0.981. The second kappa shape index (κ2) is 5.93. The van der Waals surface area contributed by atoms with Gasteiger partial charge in [0.1, 0.15) is 5.69 Å². The van der Waals surface area contributed by atoms with Gasteiger partial charge < -0.3 is 10.4 Å². The van der Waals surface area contributed by atoms with Gasteiger partial charge in [-0.05, 0) is 38.5 Å². The Labute approximate surface area is 128 Å². The van der Waals surface area contributed by atoms with E-state index in [-0.39, 0.29) is 11.6 Å². The summed E-state index contributed by atoms with van der Waals surface area (Å²) in [6, 6.07) is 6.70. The topological polar surface area (TPSA) is 92.2 Å². The number of carboxylic acids is 1. The van der Waals surface area contributed by atoms with Crippen molar-refractivity contribution in [2.24, 2.45) is 0 Å². The van der Waals surface area contributed by atoms with Gasteiger partial charge in [-0.15, -0.1) is 0 Å². The third-order valence-electron chi connectivity index (χ3n) is 3.41. The molecule has 0 saturated heterocycles. The van der Waals surface area contributed by atoms with Crippen molar-refractivity contribution in [2.45, 2.75) is 26.2 Å². The minimum Gasteiger partial charge on any atom is -0.481 e. The Kier molecular flexibility index (Phi) is 4.21. The molecule has 0 saturated carbocycles. The quantitative estimate of drug-likeness (QED) is 0.904. The lowest BCUT2D eigenvalue weighted by Crippen LogP contribution is -2.28. The molecule has 0 radical (unpaired) electrons. The summed E-state index contributed by atoms with van der Waals surface area (Å²) in [5.74, 6) is -1.27. The predicted octanol–water partition coefficient (Wildman–Crippen LogP) is 2.40. The standard InChI is InChI=1S/C16H17N3O3/c1-10-8-18-13(9-17-10)14(20)19-12-6-4-11(5-7-12)16(2,3)15(21)22/h4-9H,1-3H3,(H,19,20)(H,21,22). The number of carboxylic acid groups (broad SMARTS) is 1. The van der Waals surface area contributed by atoms with E-state index in [1.54, 1.807) is 45.0 Å². The number of hydrogen-bond donors (Lipinski definition) is 2. The number of anilines is 1. The normalized spacial score (nSPS) is 11.0. The van der Waals surface area contributed by atoms with Gasteiger partial charge in [-0.3, -0.25) is 14.6 Å². The highest BCUT2D eigenvalue weighted by atomic mass is 16.4. The molecule has 0 fully saturated rings. The number of carbonyl (C=O) groups is 2. The van der Waals surface area contributed by atoms with E-state index < -0.39 is 11.4 Å². The Morgan fingerprint density at radius 2 is 1.73 bits per heavy atom. The lowest BCUT2D eigenvalue weighted by atomic mass is 9.85. The van der Waals surface area contributed by atoms with E-state index in [1.165, 1.54) is 12.4 Å². The highest BCUT2D eigenvalue weighted by molar-refractivity contribution is 6.02. The zero-order valence-corrected chi connectivity index (χ0v) is 12.6. The van der Waals surface area contributed by atoms with Gasteiger partial charge in [0.15, 0.2) is 0 Å². The van der Waals surface area contributed by atoms with Crippen molar-refractivity contribution in [2.75, 3.05) is 5.32 Å². The second-order valence-corrected chi connectivity index (χ2v) is 5.50. The first kappa shape index (κ1) is 15.6. The molecule has 2 N–H and O–H groups in total. The van der Waals surface area contributed by atoms with Crippen molar-refractivity contribution in [1.82, 2.24) is 9.97 Å². The maximum Gasteiger partial charge on any atom is 0.313 e. The van der Waals surface area contributed by atoms with Crippen LogP contribution in [0.5, 0.6) is 0 Å². The molecule has 2 aromatic rings. The molecule has 0 aliphatic heterocycles. The van der Waals surface area contributed by atoms with Crippen LogP contribution < -0.4 is 5.32 Å². The Bertz CT molecular complexity index is 692. The smallest absolute Gasteiger partial charge is 0.313 e. The first-order valence-corrected chi connectivity index (χ1v) is 6.74. The van der Waals surface area contributed by atoms with E-state index in [4.69, 9.17) is 0 Å². The molecule has 22 heavy (non-hydrogen) atoms. The number of carbonyl (C=O) groups excluding carboxylic acids is 1. The summed E-state index contributed by atoms with van der Waals surface area (Å²) in [7, 11) is 0. The monoisotopic (exact) mass is 299 g/mol. The minimum absolute atomic E-state index is 0.223. The number of rotatable bonds is 4. The van der Waals surface area contributed by atoms with Crippen molar-refractivity contribution in [3.63, 3.8) is 0 Å². The molecule has 1 heterocycles. The summed E-state index contributed by atoms with van der Waals surface area (Å²) >= 11 is 0. The molecular weight excluding hydrogens is 282 g/mol. The summed E-state index contributed by atoms with van der Waals surface area (Å²) in [4.78, 5) is 31.2. The lowest BCUT2D eigenvalue weighted by Gasteiger charge is -2.19. The number of benzene rings is 1. The molecule has 6 heteroatoms. The highest BCUT2D eigenvalue weighted by Gasteiger charge is 2.29. The number of nitrogens with zero attached hydrogens (tertiary/aromatic N) is 2. The fraction of sp³-hybridized carbons (Fsp3) is 0.250. The first-order chi connectivity index (χ1) is 10.3. The van der Waals surface area contributed by atoms with E-state index >= 15 is 0 Å². The van der Waals surface area contributed by atoms with Crippen LogP contribution in [0.1, 0.15) is 35.6 Å². The summed E-state index contributed by atoms with van der Waals surface area (Å²) < 4.78 is 0. The van der Waals surface area contributed by atoms with Gasteiger partial charge in [0.05, 0.1) is 17.3 Å². The van der Waals surface area contributed by atoms with Crippen molar-refractivity contribution >= 4 is 17.6 Å². The Morgan fingerprint density at radius 1 is 1.09 bits per heavy atom. The van der Waals surface area contributed by atoms with Crippen molar-refractivity contribution in [1.29, 1.82) is 0 Å². The van der Waals surface area contributed by atoms with Crippen molar-refractivity contribution in [3.05, 3.63) is 53.6 Å². The number of nitrogens with one attached hydrogen (secondary N) is 1. The molecule has 2 rings (SSSR count). The molecule has 0 atom stereocenters. The molecule has 0 spiro atoms. The van der Waals surface area contributed by atoms with Crippen LogP contribution in [0.25, 0.3) is 0 Å². The van der Waals surface area contributed by atoms with Gasteiger partial charge >= 0.3 is 5.97 Å². The van der Waals surface area contributed by atoms with Crippen LogP contribution >= 0.6 is 0 Å². The third kappa shape index (κ3) is 3.28. The molecule has 114 valence electrons. The fourth-order valence-electron chi connectivity index (χ4n) is 1.80. The third-order valence-corrected chi connectivity index (χ3v) is 3.41. The van der Waals surface area contributed by atoms with Gasteiger partial charge in [0.2, 0.25) is 0 Å². The fourth-order valence-corrected chi connectivity index (χ4v) is 1.80. The van der Waals surface area contributed by atoms with E-state index in [0.717, 1.165) is 5.69 Å². The number of aliphatic carboxylic acids is 1. The Balaban J connectivity index is 2.13. The van der Waals surface area contributed by atoms with Crippen LogP contribution in [0.2, 0.25) is 0 Å². The van der Waals surface area contributed by atoms with E-state index in [1.807, 2.05) is 0 Å². The van der Waals surface area contributed by atoms with Gasteiger partial charge in [-0.25, -0.2) is 4.98 Å². The van der Waals surface area contributed by atoms with Gasteiger partial charge in [0.25, 0.3) is 5.91 Å². The van der Waals surface area contributed by atoms with Crippen LogP contribution in [0.15, 0.2) is 36.7 Å². The zero-order chi connectivity index (χ0) is 16.3. The number of amides is 1. The zero-order valence-electron chi connectivity index (χ0n) is 12.6. The predicted molar refractivity (Wildman–Crippen MR) is 81.8 cm³/mol. The highest BCUT2D eigenvalue weighted by Crippen LogP contribution is 2.24. The summed E-state index contributed by atoms with van der Waals surface area (Å²) in [6.07, 6.45) is 2.93. The van der Waals surface area contributed by atoms with Gasteiger partial charge in [-0.1, -0.05) is 12.1 Å². The van der Waals surface area contributed by atoms with Crippen LogP contribution in [-0.2, 0) is 10.2 Å². The molecule has 0 bridgehead atoms. The molecule has 6 nitrogen and oxygen atoms in total. The second-order valence-electron chi connectivity index (χ2n) is 5.50. The summed E-state index contributed by atoms with van der Waals surface area (Å²) in [5, 5.41) is 11.9. The van der Waals surface area contributed by atoms with Crippen LogP contribution in [0.4, 0.5) is 5.69 Å². The van der Waals surface area contributed by atoms with Crippen LogP contribution in [0, 0.1) is 6.92 Å². The van der Waals surface area contributed by atoms with Crippen LogP contribution in [0.3, 0.4) is 0 Å². The Morgan fingerprint density at radius 3 is 2.23 bits per heavy atom. The Hall–Kier alpha value is -2.76. The first-order valence-electron chi connectivity index (χ1n) is 6.74. The molecule has 1 amide bonds. The number of aryl methyl sites for hydroxylation is 1. The molecule has 0 unspecified atom stereocenters. The lowest BCUT2D eigenvalue weighted by molar-refractivity contribution is -0.142. The molecule has 1 aromatic heterocycles. The van der Waals surface area contributed by atoms with E-state index in [0.29, 0.717) is 11.3 Å². The maximum atomic E-state index is 12.0.